The van der Waals surface area contributed by atoms with Crippen molar-refractivity contribution in [2.24, 2.45) is 0 Å². The number of halogens is 1. The Morgan fingerprint density at radius 1 is 1.29 bits per heavy atom. The van der Waals surface area contributed by atoms with E-state index >= 15 is 0 Å². The number of benzene rings is 2. The zero-order chi connectivity index (χ0) is 20.1. The summed E-state index contributed by atoms with van der Waals surface area (Å²) in [5.74, 6) is 0.0144. The maximum atomic E-state index is 13.7. The molecular formula is C20H17FN4O3. The average Bonchev–Trinajstić information content (AvgIpc) is 2.70. The number of nitriles is 1. The first kappa shape index (κ1) is 18.9. The second-order valence-electron chi connectivity index (χ2n) is 5.83. The summed E-state index contributed by atoms with van der Waals surface area (Å²) in [6.07, 6.45) is 1.73. The van der Waals surface area contributed by atoms with Crippen molar-refractivity contribution in [3.05, 3.63) is 54.0 Å². The number of anilines is 1. The van der Waals surface area contributed by atoms with Crippen molar-refractivity contribution < 1.29 is 18.7 Å². The third-order valence-corrected chi connectivity index (χ3v) is 3.99. The number of fused-ring (bicyclic) bond motifs is 1. The third-order valence-electron chi connectivity index (χ3n) is 3.99. The largest absolute Gasteiger partial charge is 0.496 e. The Hall–Kier alpha value is -3.86. The highest BCUT2D eigenvalue weighted by molar-refractivity contribution is 6.02. The Morgan fingerprint density at radius 2 is 2.11 bits per heavy atom. The van der Waals surface area contributed by atoms with E-state index in [-0.39, 0.29) is 35.9 Å². The molecule has 0 saturated carbocycles. The molecule has 142 valence electrons. The number of rotatable bonds is 6. The van der Waals surface area contributed by atoms with E-state index in [2.05, 4.69) is 10.3 Å². The lowest BCUT2D eigenvalue weighted by Gasteiger charge is -2.13. The molecule has 1 aromatic heterocycles. The molecule has 28 heavy (non-hydrogen) atoms. The number of hydrogen-bond acceptors (Lipinski definition) is 6. The third kappa shape index (κ3) is 3.94. The molecule has 0 aliphatic heterocycles. The summed E-state index contributed by atoms with van der Waals surface area (Å²) in [5, 5.41) is 11.8. The highest BCUT2D eigenvalue weighted by Crippen LogP contribution is 2.33. The number of carbonyl (C=O) groups excluding carboxylic acids is 1. The zero-order valence-electron chi connectivity index (χ0n) is 15.0. The molecule has 0 saturated heterocycles. The molecule has 3 N–H and O–H groups in total. The Bertz CT molecular complexity index is 1080. The number of nitrogens with two attached hydrogens (primary N) is 1. The van der Waals surface area contributed by atoms with Crippen LogP contribution in [0.2, 0.25) is 0 Å². The van der Waals surface area contributed by atoms with Gasteiger partial charge in [0.25, 0.3) is 5.91 Å². The summed E-state index contributed by atoms with van der Waals surface area (Å²) in [4.78, 5) is 16.7. The Kier molecular flexibility index (Phi) is 5.56. The van der Waals surface area contributed by atoms with Crippen LogP contribution >= 0.6 is 0 Å². The highest BCUT2D eigenvalue weighted by atomic mass is 19.1. The standard InChI is InChI=1S/C20H17FN4O3/c1-27-19-11-17-13(10-14(19)20(26)25-7-2-6-22)18(5-8-24-17)28-12-3-4-16(23)15(21)9-12/h3-5,8-11H,2,7,23H2,1H3,(H,25,26). The van der Waals surface area contributed by atoms with Crippen molar-refractivity contribution in [1.29, 1.82) is 5.26 Å². The van der Waals surface area contributed by atoms with Crippen LogP contribution in [0, 0.1) is 17.1 Å². The summed E-state index contributed by atoms with van der Waals surface area (Å²) in [6, 6.07) is 10.9. The molecule has 0 spiro atoms. The lowest BCUT2D eigenvalue weighted by atomic mass is 10.1. The molecule has 8 heteroatoms. The summed E-state index contributed by atoms with van der Waals surface area (Å²) >= 11 is 0. The summed E-state index contributed by atoms with van der Waals surface area (Å²) < 4.78 is 24.8. The molecule has 3 rings (SSSR count). The highest BCUT2D eigenvalue weighted by Gasteiger charge is 2.16. The van der Waals surface area contributed by atoms with Crippen molar-refractivity contribution in [2.75, 3.05) is 19.4 Å². The average molecular weight is 380 g/mol. The zero-order valence-corrected chi connectivity index (χ0v) is 15.0. The Labute approximate surface area is 160 Å². The van der Waals surface area contributed by atoms with E-state index in [0.29, 0.717) is 22.4 Å². The maximum Gasteiger partial charge on any atom is 0.255 e. The van der Waals surface area contributed by atoms with E-state index in [0.717, 1.165) is 0 Å². The molecule has 0 aliphatic rings. The van der Waals surface area contributed by atoms with E-state index in [1.807, 2.05) is 6.07 Å². The number of carbonyl (C=O) groups is 1. The van der Waals surface area contributed by atoms with E-state index in [9.17, 15) is 9.18 Å². The minimum atomic E-state index is -0.588. The first-order valence-corrected chi connectivity index (χ1v) is 8.38. The second-order valence-corrected chi connectivity index (χ2v) is 5.83. The number of hydrogen-bond donors (Lipinski definition) is 2. The number of nitrogens with zero attached hydrogens (tertiary/aromatic N) is 2. The van der Waals surface area contributed by atoms with Crippen LogP contribution in [-0.4, -0.2) is 24.5 Å². The van der Waals surface area contributed by atoms with Gasteiger partial charge in [-0.05, 0) is 24.3 Å². The Balaban J connectivity index is 2.02. The number of amides is 1. The van der Waals surface area contributed by atoms with Gasteiger partial charge in [-0.1, -0.05) is 0 Å². The van der Waals surface area contributed by atoms with Gasteiger partial charge in [0, 0.05) is 30.3 Å². The number of pyridine rings is 1. The van der Waals surface area contributed by atoms with Gasteiger partial charge in [0.15, 0.2) is 0 Å². The van der Waals surface area contributed by atoms with Crippen molar-refractivity contribution in [1.82, 2.24) is 10.3 Å². The smallest absolute Gasteiger partial charge is 0.255 e. The first-order valence-electron chi connectivity index (χ1n) is 8.38. The van der Waals surface area contributed by atoms with Gasteiger partial charge in [-0.3, -0.25) is 9.78 Å². The van der Waals surface area contributed by atoms with E-state index in [1.54, 1.807) is 24.3 Å². The lowest BCUT2D eigenvalue weighted by molar-refractivity contribution is 0.0951. The van der Waals surface area contributed by atoms with Crippen molar-refractivity contribution in [3.63, 3.8) is 0 Å². The van der Waals surface area contributed by atoms with E-state index in [1.165, 1.54) is 25.4 Å². The van der Waals surface area contributed by atoms with Gasteiger partial charge in [-0.15, -0.1) is 0 Å². The SMILES string of the molecule is COc1cc2nccc(Oc3ccc(N)c(F)c3)c2cc1C(=O)NCCC#N. The summed E-state index contributed by atoms with van der Waals surface area (Å²) in [5.41, 5.74) is 6.32. The van der Waals surface area contributed by atoms with Crippen LogP contribution in [0.4, 0.5) is 10.1 Å². The molecule has 0 aliphatic carbocycles. The topological polar surface area (TPSA) is 110 Å². The van der Waals surface area contributed by atoms with Gasteiger partial charge in [-0.25, -0.2) is 4.39 Å². The molecule has 0 radical (unpaired) electrons. The molecule has 2 aromatic carbocycles. The van der Waals surface area contributed by atoms with Gasteiger partial charge in [0.05, 0.1) is 36.4 Å². The predicted octanol–water partition coefficient (Wildman–Crippen LogP) is 3.40. The predicted molar refractivity (Wildman–Crippen MR) is 102 cm³/mol. The number of aromatic nitrogens is 1. The van der Waals surface area contributed by atoms with Crippen molar-refractivity contribution in [3.8, 4) is 23.3 Å². The fraction of sp³-hybridized carbons (Fsp3) is 0.150. The number of nitrogen functional groups attached to an aromatic ring is 1. The maximum absolute atomic E-state index is 13.7. The molecule has 1 heterocycles. The molecule has 0 atom stereocenters. The van der Waals surface area contributed by atoms with Crippen LogP contribution < -0.4 is 20.5 Å². The quantitative estimate of drug-likeness (QED) is 0.501. The van der Waals surface area contributed by atoms with Crippen LogP contribution in [-0.2, 0) is 0 Å². The van der Waals surface area contributed by atoms with Gasteiger partial charge in [0.2, 0.25) is 0 Å². The molecule has 0 unspecified atom stereocenters. The Morgan fingerprint density at radius 3 is 2.82 bits per heavy atom. The fourth-order valence-corrected chi connectivity index (χ4v) is 2.61. The minimum absolute atomic E-state index is 0.0213. The number of ether oxygens (including phenoxy) is 2. The van der Waals surface area contributed by atoms with Gasteiger partial charge in [0.1, 0.15) is 23.1 Å². The van der Waals surface area contributed by atoms with Crippen LogP contribution in [0.5, 0.6) is 17.2 Å². The van der Waals surface area contributed by atoms with Crippen molar-refractivity contribution >= 4 is 22.5 Å². The molecular weight excluding hydrogens is 363 g/mol. The van der Waals surface area contributed by atoms with Gasteiger partial charge in [-0.2, -0.15) is 5.26 Å². The molecule has 0 fully saturated rings. The molecule has 0 bridgehead atoms. The first-order chi connectivity index (χ1) is 13.5. The summed E-state index contributed by atoms with van der Waals surface area (Å²) in [6.45, 7) is 0.220. The monoisotopic (exact) mass is 380 g/mol. The minimum Gasteiger partial charge on any atom is -0.496 e. The number of methoxy groups -OCH3 is 1. The van der Waals surface area contributed by atoms with E-state index in [4.69, 9.17) is 20.5 Å². The molecule has 3 aromatic rings. The number of nitrogens with one attached hydrogen (secondary N) is 1. The molecule has 1 amide bonds. The van der Waals surface area contributed by atoms with E-state index < -0.39 is 5.82 Å². The van der Waals surface area contributed by atoms with Gasteiger partial charge >= 0.3 is 0 Å². The lowest BCUT2D eigenvalue weighted by Crippen LogP contribution is -2.24. The van der Waals surface area contributed by atoms with Crippen LogP contribution in [0.25, 0.3) is 10.9 Å². The summed E-state index contributed by atoms with van der Waals surface area (Å²) in [7, 11) is 1.45. The van der Waals surface area contributed by atoms with Gasteiger partial charge < -0.3 is 20.5 Å². The normalized spacial score (nSPS) is 10.3. The fourth-order valence-electron chi connectivity index (χ4n) is 2.61. The van der Waals surface area contributed by atoms with Crippen LogP contribution in [0.3, 0.4) is 0 Å². The molecule has 7 nitrogen and oxygen atoms in total. The van der Waals surface area contributed by atoms with Crippen LogP contribution in [0.1, 0.15) is 16.8 Å². The van der Waals surface area contributed by atoms with Crippen molar-refractivity contribution in [2.45, 2.75) is 6.42 Å². The second kappa shape index (κ2) is 8.22. The van der Waals surface area contributed by atoms with Crippen LogP contribution in [0.15, 0.2) is 42.6 Å².